The van der Waals surface area contributed by atoms with Crippen molar-refractivity contribution in [1.82, 2.24) is 5.32 Å². The molecule has 0 fully saturated rings. The molecular weight excluding hydrogens is 290 g/mol. The zero-order chi connectivity index (χ0) is 16.3. The molecule has 0 saturated carbocycles. The van der Waals surface area contributed by atoms with Crippen LogP contribution in [0.15, 0.2) is 0 Å². The van der Waals surface area contributed by atoms with Gasteiger partial charge >= 0.3 is 6.09 Å². The van der Waals surface area contributed by atoms with Crippen LogP contribution in [-0.2, 0) is 24.2 Å². The Bertz CT molecular complexity index is 418. The summed E-state index contributed by atoms with van der Waals surface area (Å²) in [6.45, 7) is 8.68. The van der Waals surface area contributed by atoms with E-state index in [0.717, 1.165) is 27.5 Å². The predicted octanol–water partition coefficient (Wildman–Crippen LogP) is 3.13. The van der Waals surface area contributed by atoms with Crippen molar-refractivity contribution >= 4 is 17.4 Å². The van der Waals surface area contributed by atoms with Gasteiger partial charge in [0, 0.05) is 17.0 Å². The lowest BCUT2D eigenvalue weighted by atomic mass is 10.1. The maximum Gasteiger partial charge on any atom is 0.407 e. The van der Waals surface area contributed by atoms with Crippen LogP contribution >= 0.6 is 11.3 Å². The van der Waals surface area contributed by atoms with Gasteiger partial charge in [-0.15, -0.1) is 11.3 Å². The molecule has 5 nitrogen and oxygen atoms in total. The SMILES string of the molecule is CC.CCOC(=O)NCCc1sc(CO)c(OC)c1CC. The fraction of sp³-hybridized carbons (Fsp3) is 0.667. The second-order valence-corrected chi connectivity index (χ2v) is 5.06. The third-order valence-corrected chi connectivity index (χ3v) is 3.97. The van der Waals surface area contributed by atoms with Crippen LogP contribution < -0.4 is 10.1 Å². The first-order valence-electron chi connectivity index (χ1n) is 7.36. The van der Waals surface area contributed by atoms with Gasteiger partial charge in [0.25, 0.3) is 0 Å². The van der Waals surface area contributed by atoms with Crippen LogP contribution in [0.2, 0.25) is 0 Å². The quantitative estimate of drug-likeness (QED) is 0.811. The Labute approximate surface area is 131 Å². The number of carbonyl (C=O) groups excluding carboxylic acids is 1. The number of ether oxygens (including phenoxy) is 2. The van der Waals surface area contributed by atoms with Gasteiger partial charge in [0.2, 0.25) is 0 Å². The van der Waals surface area contributed by atoms with Gasteiger partial charge < -0.3 is 19.9 Å². The Morgan fingerprint density at radius 1 is 1.29 bits per heavy atom. The highest BCUT2D eigenvalue weighted by atomic mass is 32.1. The largest absolute Gasteiger partial charge is 0.495 e. The Kier molecular flexibility index (Phi) is 10.7. The van der Waals surface area contributed by atoms with E-state index in [1.165, 1.54) is 11.3 Å². The molecule has 0 aliphatic carbocycles. The van der Waals surface area contributed by atoms with Crippen LogP contribution in [0.5, 0.6) is 5.75 Å². The van der Waals surface area contributed by atoms with Crippen molar-refractivity contribution in [3.05, 3.63) is 15.3 Å². The van der Waals surface area contributed by atoms with Gasteiger partial charge in [-0.25, -0.2) is 4.79 Å². The first-order valence-corrected chi connectivity index (χ1v) is 8.18. The lowest BCUT2D eigenvalue weighted by molar-refractivity contribution is 0.152. The van der Waals surface area contributed by atoms with Crippen molar-refractivity contribution in [2.24, 2.45) is 0 Å². The maximum atomic E-state index is 11.2. The van der Waals surface area contributed by atoms with Gasteiger partial charge in [-0.3, -0.25) is 0 Å². The zero-order valence-electron chi connectivity index (χ0n) is 13.6. The molecule has 1 amide bonds. The lowest BCUT2D eigenvalue weighted by Crippen LogP contribution is -2.26. The number of amides is 1. The number of thiophene rings is 1. The van der Waals surface area contributed by atoms with Gasteiger partial charge in [0.15, 0.2) is 0 Å². The summed E-state index contributed by atoms with van der Waals surface area (Å²) >= 11 is 1.53. The van der Waals surface area contributed by atoms with E-state index in [2.05, 4.69) is 5.32 Å². The fourth-order valence-electron chi connectivity index (χ4n) is 1.91. The number of aliphatic hydroxyl groups excluding tert-OH is 1. The summed E-state index contributed by atoms with van der Waals surface area (Å²) in [7, 11) is 1.61. The summed E-state index contributed by atoms with van der Waals surface area (Å²) in [5.41, 5.74) is 1.11. The van der Waals surface area contributed by atoms with Crippen molar-refractivity contribution in [3.63, 3.8) is 0 Å². The van der Waals surface area contributed by atoms with Crippen LogP contribution in [0.1, 0.15) is 43.0 Å². The molecule has 0 aromatic carbocycles. The Morgan fingerprint density at radius 2 is 1.95 bits per heavy atom. The van der Waals surface area contributed by atoms with Crippen molar-refractivity contribution in [1.29, 1.82) is 0 Å². The molecule has 21 heavy (non-hydrogen) atoms. The van der Waals surface area contributed by atoms with Crippen LogP contribution in [-0.4, -0.2) is 31.5 Å². The van der Waals surface area contributed by atoms with E-state index in [4.69, 9.17) is 9.47 Å². The Balaban J connectivity index is 0.00000191. The first-order chi connectivity index (χ1) is 10.2. The van der Waals surface area contributed by atoms with E-state index in [1.54, 1.807) is 14.0 Å². The number of hydrogen-bond donors (Lipinski definition) is 2. The number of alkyl carbamates (subject to hydrolysis) is 1. The highest BCUT2D eigenvalue weighted by Gasteiger charge is 2.16. The van der Waals surface area contributed by atoms with Gasteiger partial charge in [0.05, 0.1) is 25.2 Å². The number of nitrogens with one attached hydrogen (secondary N) is 1. The standard InChI is InChI=1S/C13H21NO4S.C2H6/c1-4-9-10(6-7-14-13(16)18-5-2)19-11(8-15)12(9)17-3;1-2/h15H,4-8H2,1-3H3,(H,14,16);1-2H3. The molecule has 0 bridgehead atoms. The highest BCUT2D eigenvalue weighted by molar-refractivity contribution is 7.12. The third kappa shape index (κ3) is 5.93. The topological polar surface area (TPSA) is 67.8 Å². The minimum absolute atomic E-state index is 0.0217. The number of rotatable bonds is 7. The molecule has 0 saturated heterocycles. The molecule has 0 aliphatic rings. The average molecular weight is 317 g/mol. The number of methoxy groups -OCH3 is 1. The van der Waals surface area contributed by atoms with Crippen molar-refractivity contribution in [2.45, 2.75) is 47.1 Å². The normalized spacial score (nSPS) is 9.62. The van der Waals surface area contributed by atoms with E-state index in [9.17, 15) is 9.90 Å². The van der Waals surface area contributed by atoms with Gasteiger partial charge in [-0.2, -0.15) is 0 Å². The average Bonchev–Trinajstić information content (AvgIpc) is 2.86. The van der Waals surface area contributed by atoms with E-state index >= 15 is 0 Å². The van der Waals surface area contributed by atoms with Crippen LogP contribution in [0, 0.1) is 0 Å². The summed E-state index contributed by atoms with van der Waals surface area (Å²) in [6.07, 6.45) is 1.16. The zero-order valence-corrected chi connectivity index (χ0v) is 14.4. The van der Waals surface area contributed by atoms with Crippen LogP contribution in [0.3, 0.4) is 0 Å². The number of aliphatic hydroxyl groups is 1. The van der Waals surface area contributed by atoms with Crippen molar-refractivity contribution in [2.75, 3.05) is 20.3 Å². The molecule has 122 valence electrons. The van der Waals surface area contributed by atoms with Crippen molar-refractivity contribution in [3.8, 4) is 5.75 Å². The molecule has 0 unspecified atom stereocenters. The second kappa shape index (κ2) is 11.4. The molecular formula is C15H27NO4S. The maximum absolute atomic E-state index is 11.2. The molecule has 0 aliphatic heterocycles. The Hall–Kier alpha value is -1.27. The molecule has 2 N–H and O–H groups in total. The van der Waals surface area contributed by atoms with E-state index in [-0.39, 0.29) is 6.61 Å². The smallest absolute Gasteiger partial charge is 0.407 e. The summed E-state index contributed by atoms with van der Waals surface area (Å²) in [5.74, 6) is 0.779. The van der Waals surface area contributed by atoms with Crippen LogP contribution in [0.25, 0.3) is 0 Å². The molecule has 0 atom stereocenters. The molecule has 1 rings (SSSR count). The molecule has 6 heteroatoms. The fourth-order valence-corrected chi connectivity index (χ4v) is 3.14. The number of hydrogen-bond acceptors (Lipinski definition) is 5. The first kappa shape index (κ1) is 19.7. The summed E-state index contributed by atoms with van der Waals surface area (Å²) in [4.78, 5) is 13.2. The minimum atomic E-state index is -0.397. The van der Waals surface area contributed by atoms with Crippen molar-refractivity contribution < 1.29 is 19.4 Å². The predicted molar refractivity (Wildman–Crippen MR) is 86.2 cm³/mol. The van der Waals surface area contributed by atoms with E-state index < -0.39 is 6.09 Å². The summed E-state index contributed by atoms with van der Waals surface area (Å²) < 4.78 is 10.1. The second-order valence-electron chi connectivity index (χ2n) is 3.87. The van der Waals surface area contributed by atoms with Gasteiger partial charge in [-0.1, -0.05) is 20.8 Å². The van der Waals surface area contributed by atoms with Gasteiger partial charge in [-0.05, 0) is 19.8 Å². The monoisotopic (exact) mass is 317 g/mol. The molecule has 1 heterocycles. The van der Waals surface area contributed by atoms with E-state index in [0.29, 0.717) is 19.6 Å². The van der Waals surface area contributed by atoms with E-state index in [1.807, 2.05) is 20.8 Å². The van der Waals surface area contributed by atoms with Gasteiger partial charge in [0.1, 0.15) is 5.75 Å². The summed E-state index contributed by atoms with van der Waals surface area (Å²) in [6, 6.07) is 0. The van der Waals surface area contributed by atoms with Crippen LogP contribution in [0.4, 0.5) is 4.79 Å². The molecule has 1 aromatic heterocycles. The Morgan fingerprint density at radius 3 is 2.43 bits per heavy atom. The number of carbonyl (C=O) groups is 1. The highest BCUT2D eigenvalue weighted by Crippen LogP contribution is 2.36. The molecule has 1 aromatic rings. The molecule has 0 radical (unpaired) electrons. The third-order valence-electron chi connectivity index (χ3n) is 2.71. The summed E-state index contributed by atoms with van der Waals surface area (Å²) in [5, 5.41) is 12.0. The lowest BCUT2D eigenvalue weighted by Gasteiger charge is -2.06. The minimum Gasteiger partial charge on any atom is -0.495 e. The molecule has 0 spiro atoms.